The van der Waals surface area contributed by atoms with Crippen molar-refractivity contribution < 1.29 is 9.72 Å². The van der Waals surface area contributed by atoms with E-state index < -0.39 is 22.1 Å². The molecule has 2 heterocycles. The summed E-state index contributed by atoms with van der Waals surface area (Å²) in [6.07, 6.45) is 1.52. The van der Waals surface area contributed by atoms with Gasteiger partial charge in [0.1, 0.15) is 5.01 Å². The molecule has 0 saturated carbocycles. The lowest BCUT2D eigenvalue weighted by molar-refractivity contribution is -0.387. The third-order valence-corrected chi connectivity index (χ3v) is 4.76. The van der Waals surface area contributed by atoms with Crippen molar-refractivity contribution in [3.05, 3.63) is 79.2 Å². The molecule has 0 fully saturated rings. The van der Waals surface area contributed by atoms with Gasteiger partial charge in [-0.2, -0.15) is 0 Å². The molecule has 2 N–H and O–H groups in total. The number of benzene rings is 1. The number of hydrogen-bond acceptors (Lipinski definition) is 6. The largest absolute Gasteiger partial charge is 0.366 e. The maximum Gasteiger partial charge on any atom is 0.336 e. The first-order valence-corrected chi connectivity index (χ1v) is 8.44. The molecular weight excluding hydrogens is 356 g/mol. The quantitative estimate of drug-likeness (QED) is 0.546. The van der Waals surface area contributed by atoms with E-state index in [9.17, 15) is 19.7 Å². The summed E-state index contributed by atoms with van der Waals surface area (Å²) in [5.74, 6) is -0.503. The molecule has 8 nitrogen and oxygen atoms in total. The van der Waals surface area contributed by atoms with Crippen molar-refractivity contribution in [2.75, 3.05) is 0 Å². The fraction of sp³-hybridized carbons (Fsp3) is 0.118. The summed E-state index contributed by atoms with van der Waals surface area (Å²) >= 11 is 1.38. The smallest absolute Gasteiger partial charge is 0.336 e. The van der Waals surface area contributed by atoms with Crippen LogP contribution in [-0.4, -0.2) is 20.4 Å². The molecule has 3 aromatic rings. The molecule has 0 aliphatic rings. The Balaban J connectivity index is 1.87. The predicted octanol–water partition coefficient (Wildman–Crippen LogP) is 2.34. The van der Waals surface area contributed by atoms with Crippen LogP contribution in [0.1, 0.15) is 21.6 Å². The van der Waals surface area contributed by atoms with Gasteiger partial charge in [-0.25, -0.2) is 4.98 Å². The third kappa shape index (κ3) is 3.38. The number of nitrogens with zero attached hydrogens (tertiary/aromatic N) is 3. The van der Waals surface area contributed by atoms with E-state index in [2.05, 4.69) is 4.98 Å². The van der Waals surface area contributed by atoms with Crippen LogP contribution in [0.3, 0.4) is 0 Å². The predicted molar refractivity (Wildman–Crippen MR) is 97.3 cm³/mol. The standard InChI is InChI=1S/C17H14N4O4S/c1-10-6-7-20(17(23)14(10)21(24)25)8-13-9-26-16(19-13)12-4-2-11(3-5-12)15(18)22/h2-7,9H,8H2,1H3,(H2,18,22). The van der Waals surface area contributed by atoms with Crippen molar-refractivity contribution in [3.63, 3.8) is 0 Å². The topological polar surface area (TPSA) is 121 Å². The number of rotatable bonds is 5. The minimum absolute atomic E-state index is 0.135. The van der Waals surface area contributed by atoms with E-state index in [1.165, 1.54) is 35.1 Å². The van der Waals surface area contributed by atoms with Crippen LogP contribution in [0.4, 0.5) is 5.69 Å². The highest BCUT2D eigenvalue weighted by Crippen LogP contribution is 2.24. The summed E-state index contributed by atoms with van der Waals surface area (Å²) in [7, 11) is 0. The number of primary amides is 1. The zero-order valence-corrected chi connectivity index (χ0v) is 14.5. The molecule has 0 atom stereocenters. The number of pyridine rings is 1. The second kappa shape index (κ2) is 6.89. The Hall–Kier alpha value is -3.33. The number of amides is 1. The number of nitro groups is 1. The lowest BCUT2D eigenvalue weighted by atomic mass is 10.1. The first-order chi connectivity index (χ1) is 12.4. The molecule has 0 aliphatic heterocycles. The average molecular weight is 370 g/mol. The molecule has 0 spiro atoms. The van der Waals surface area contributed by atoms with Gasteiger partial charge in [0, 0.05) is 28.3 Å². The second-order valence-corrected chi connectivity index (χ2v) is 6.48. The molecule has 2 aromatic heterocycles. The SMILES string of the molecule is Cc1ccn(Cc2csc(-c3ccc(C(N)=O)cc3)n2)c(=O)c1[N+](=O)[O-]. The van der Waals surface area contributed by atoms with Gasteiger partial charge in [-0.1, -0.05) is 12.1 Å². The molecule has 132 valence electrons. The molecule has 9 heteroatoms. The van der Waals surface area contributed by atoms with Crippen molar-refractivity contribution >= 4 is 22.9 Å². The van der Waals surface area contributed by atoms with E-state index in [0.717, 1.165) is 5.56 Å². The summed E-state index contributed by atoms with van der Waals surface area (Å²) in [4.78, 5) is 38.2. The molecule has 0 saturated heterocycles. The molecule has 1 aromatic carbocycles. The minimum Gasteiger partial charge on any atom is -0.366 e. The molecule has 0 bridgehead atoms. The Bertz CT molecular complexity index is 1050. The maximum absolute atomic E-state index is 12.3. The van der Waals surface area contributed by atoms with Crippen LogP contribution < -0.4 is 11.3 Å². The Morgan fingerprint density at radius 1 is 1.31 bits per heavy atom. The van der Waals surface area contributed by atoms with Gasteiger partial charge >= 0.3 is 11.2 Å². The van der Waals surface area contributed by atoms with Gasteiger partial charge in [-0.05, 0) is 25.1 Å². The van der Waals surface area contributed by atoms with Crippen LogP contribution in [-0.2, 0) is 6.54 Å². The van der Waals surface area contributed by atoms with Gasteiger partial charge in [0.25, 0.3) is 0 Å². The Morgan fingerprint density at radius 3 is 2.62 bits per heavy atom. The van der Waals surface area contributed by atoms with E-state index in [0.29, 0.717) is 21.8 Å². The lowest BCUT2D eigenvalue weighted by Gasteiger charge is -2.04. The summed E-state index contributed by atoms with van der Waals surface area (Å²) in [6.45, 7) is 1.66. The summed E-state index contributed by atoms with van der Waals surface area (Å²) < 4.78 is 1.26. The fourth-order valence-electron chi connectivity index (χ4n) is 2.46. The van der Waals surface area contributed by atoms with Gasteiger partial charge in [0.2, 0.25) is 5.91 Å². The van der Waals surface area contributed by atoms with Crippen molar-refractivity contribution in [3.8, 4) is 10.6 Å². The average Bonchev–Trinajstić information content (AvgIpc) is 3.06. The van der Waals surface area contributed by atoms with E-state index in [4.69, 9.17) is 5.73 Å². The highest BCUT2D eigenvalue weighted by molar-refractivity contribution is 7.13. The summed E-state index contributed by atoms with van der Waals surface area (Å²) in [5, 5.41) is 13.6. The highest BCUT2D eigenvalue weighted by atomic mass is 32.1. The van der Waals surface area contributed by atoms with Crippen molar-refractivity contribution in [1.82, 2.24) is 9.55 Å². The van der Waals surface area contributed by atoms with Gasteiger partial charge in [-0.15, -0.1) is 11.3 Å². The molecule has 1 amide bonds. The van der Waals surface area contributed by atoms with E-state index in [-0.39, 0.29) is 6.54 Å². The zero-order valence-electron chi connectivity index (χ0n) is 13.7. The number of thiazole rings is 1. The van der Waals surface area contributed by atoms with Crippen LogP contribution in [0.15, 0.2) is 46.7 Å². The fourth-order valence-corrected chi connectivity index (χ4v) is 3.28. The molecule has 0 radical (unpaired) electrons. The Labute approximate surface area is 151 Å². The van der Waals surface area contributed by atoms with Gasteiger partial charge < -0.3 is 10.3 Å². The molecule has 3 rings (SSSR count). The normalized spacial score (nSPS) is 10.7. The van der Waals surface area contributed by atoms with Gasteiger partial charge in [0.15, 0.2) is 0 Å². The number of aromatic nitrogens is 2. The minimum atomic E-state index is -0.666. The van der Waals surface area contributed by atoms with Crippen LogP contribution in [0, 0.1) is 17.0 Å². The first-order valence-electron chi connectivity index (χ1n) is 7.56. The number of carbonyl (C=O) groups is 1. The van der Waals surface area contributed by atoms with Crippen LogP contribution in [0.5, 0.6) is 0 Å². The Morgan fingerprint density at radius 2 is 2.00 bits per heavy atom. The van der Waals surface area contributed by atoms with Crippen LogP contribution >= 0.6 is 11.3 Å². The number of carbonyl (C=O) groups excluding carboxylic acids is 1. The first kappa shape index (κ1) is 17.5. The third-order valence-electron chi connectivity index (χ3n) is 3.82. The van der Waals surface area contributed by atoms with Crippen molar-refractivity contribution in [2.24, 2.45) is 5.73 Å². The Kier molecular flexibility index (Phi) is 4.63. The lowest BCUT2D eigenvalue weighted by Crippen LogP contribution is -2.23. The molecule has 26 heavy (non-hydrogen) atoms. The van der Waals surface area contributed by atoms with E-state index in [1.54, 1.807) is 29.6 Å². The number of aryl methyl sites for hydroxylation is 1. The second-order valence-electron chi connectivity index (χ2n) is 5.62. The maximum atomic E-state index is 12.3. The van der Waals surface area contributed by atoms with Crippen molar-refractivity contribution in [2.45, 2.75) is 13.5 Å². The molecular formula is C17H14N4O4S. The molecule has 0 unspecified atom stereocenters. The highest BCUT2D eigenvalue weighted by Gasteiger charge is 2.18. The number of hydrogen-bond donors (Lipinski definition) is 1. The van der Waals surface area contributed by atoms with Crippen LogP contribution in [0.25, 0.3) is 10.6 Å². The van der Waals surface area contributed by atoms with E-state index >= 15 is 0 Å². The van der Waals surface area contributed by atoms with Gasteiger partial charge in [-0.3, -0.25) is 19.7 Å². The van der Waals surface area contributed by atoms with Crippen molar-refractivity contribution in [1.29, 1.82) is 0 Å². The van der Waals surface area contributed by atoms with Crippen LogP contribution in [0.2, 0.25) is 0 Å². The zero-order chi connectivity index (χ0) is 18.8. The monoisotopic (exact) mass is 370 g/mol. The number of nitrogens with two attached hydrogens (primary N) is 1. The van der Waals surface area contributed by atoms with Gasteiger partial charge in [0.05, 0.1) is 17.2 Å². The summed E-state index contributed by atoms with van der Waals surface area (Å²) in [5.41, 5.74) is 6.29. The summed E-state index contributed by atoms with van der Waals surface area (Å²) in [6, 6.07) is 8.26. The van der Waals surface area contributed by atoms with E-state index in [1.807, 2.05) is 0 Å². The molecule has 0 aliphatic carbocycles.